The van der Waals surface area contributed by atoms with Gasteiger partial charge in [-0.1, -0.05) is 23.7 Å². The van der Waals surface area contributed by atoms with E-state index in [9.17, 15) is 4.79 Å². The van der Waals surface area contributed by atoms with Crippen LogP contribution in [-0.4, -0.2) is 37.2 Å². The van der Waals surface area contributed by atoms with Crippen molar-refractivity contribution in [2.75, 3.05) is 25.6 Å². The monoisotopic (exact) mass is 360 g/mol. The number of benzene rings is 2. The minimum atomic E-state index is -0.155. The Morgan fingerprint density at radius 1 is 1.20 bits per heavy atom. The normalized spacial score (nSPS) is 20.2. The molecule has 1 N–H and O–H groups in total. The Morgan fingerprint density at radius 2 is 1.88 bits per heavy atom. The topological polar surface area (TPSA) is 50.8 Å². The van der Waals surface area contributed by atoms with E-state index < -0.39 is 0 Å². The van der Waals surface area contributed by atoms with Gasteiger partial charge in [0.05, 0.1) is 26.3 Å². The molecule has 25 heavy (non-hydrogen) atoms. The smallest absolute Gasteiger partial charge is 0.322 e. The maximum absolute atomic E-state index is 12.6. The number of anilines is 1. The zero-order valence-corrected chi connectivity index (χ0v) is 15.0. The van der Waals surface area contributed by atoms with Gasteiger partial charge in [-0.3, -0.25) is 0 Å². The molecule has 2 atom stereocenters. The molecular formula is C19H21ClN2O3. The summed E-state index contributed by atoms with van der Waals surface area (Å²) in [6, 6.07) is 14.7. The third-order valence-electron chi connectivity index (χ3n) is 4.28. The summed E-state index contributed by atoms with van der Waals surface area (Å²) >= 11 is 5.88. The van der Waals surface area contributed by atoms with Crippen LogP contribution in [0, 0.1) is 0 Å². The average molecular weight is 361 g/mol. The van der Waals surface area contributed by atoms with E-state index in [-0.39, 0.29) is 18.2 Å². The van der Waals surface area contributed by atoms with Crippen molar-refractivity contribution in [3.05, 3.63) is 59.1 Å². The zero-order chi connectivity index (χ0) is 17.8. The van der Waals surface area contributed by atoms with Crippen LogP contribution >= 0.6 is 11.6 Å². The highest BCUT2D eigenvalue weighted by Gasteiger charge is 2.30. The first-order valence-corrected chi connectivity index (χ1v) is 8.53. The molecule has 1 heterocycles. The summed E-state index contributed by atoms with van der Waals surface area (Å²) in [7, 11) is 1.64. The van der Waals surface area contributed by atoms with Gasteiger partial charge in [0.1, 0.15) is 11.9 Å². The Morgan fingerprint density at radius 3 is 2.52 bits per heavy atom. The standard InChI is InChI=1S/C19H21ClN2O3/c1-13-12-25-18(14-3-9-17(24-2)10-4-14)11-22(13)19(23)21-16-7-5-15(20)6-8-16/h3-10,13,18H,11-12H2,1-2H3,(H,21,23). The van der Waals surface area contributed by atoms with Crippen LogP contribution in [0.15, 0.2) is 48.5 Å². The molecule has 6 heteroatoms. The Kier molecular flexibility index (Phi) is 5.46. The van der Waals surface area contributed by atoms with E-state index >= 15 is 0 Å². The summed E-state index contributed by atoms with van der Waals surface area (Å²) in [5.41, 5.74) is 1.74. The third-order valence-corrected chi connectivity index (χ3v) is 4.53. The largest absolute Gasteiger partial charge is 0.497 e. The number of morpholine rings is 1. The van der Waals surface area contributed by atoms with Gasteiger partial charge >= 0.3 is 6.03 Å². The lowest BCUT2D eigenvalue weighted by Gasteiger charge is -2.38. The predicted molar refractivity (Wildman–Crippen MR) is 98.3 cm³/mol. The maximum atomic E-state index is 12.6. The number of nitrogens with zero attached hydrogens (tertiary/aromatic N) is 1. The van der Waals surface area contributed by atoms with Crippen molar-refractivity contribution >= 4 is 23.3 Å². The Hall–Kier alpha value is -2.24. The summed E-state index contributed by atoms with van der Waals surface area (Å²) in [6.07, 6.45) is -0.155. The summed E-state index contributed by atoms with van der Waals surface area (Å²) in [4.78, 5) is 14.4. The first-order valence-electron chi connectivity index (χ1n) is 8.15. The maximum Gasteiger partial charge on any atom is 0.322 e. The van der Waals surface area contributed by atoms with Gasteiger partial charge in [-0.05, 0) is 48.9 Å². The van der Waals surface area contributed by atoms with Crippen molar-refractivity contribution < 1.29 is 14.3 Å². The van der Waals surface area contributed by atoms with Crippen LogP contribution in [0.5, 0.6) is 5.75 Å². The molecule has 2 amide bonds. The Balaban J connectivity index is 1.68. The molecule has 0 aliphatic carbocycles. The van der Waals surface area contributed by atoms with Crippen LogP contribution in [0.25, 0.3) is 0 Å². The second-order valence-electron chi connectivity index (χ2n) is 6.03. The van der Waals surface area contributed by atoms with Crippen molar-refractivity contribution in [2.24, 2.45) is 0 Å². The molecule has 5 nitrogen and oxygen atoms in total. The first-order chi connectivity index (χ1) is 12.1. The Bertz CT molecular complexity index is 718. The molecule has 2 aromatic rings. The number of urea groups is 1. The van der Waals surface area contributed by atoms with Crippen LogP contribution in [0.1, 0.15) is 18.6 Å². The van der Waals surface area contributed by atoms with Crippen molar-refractivity contribution in [1.29, 1.82) is 0 Å². The van der Waals surface area contributed by atoms with Gasteiger partial charge in [0.2, 0.25) is 0 Å². The number of nitrogens with one attached hydrogen (secondary N) is 1. The van der Waals surface area contributed by atoms with Crippen LogP contribution in [0.4, 0.5) is 10.5 Å². The fourth-order valence-electron chi connectivity index (χ4n) is 2.79. The second kappa shape index (κ2) is 7.76. The average Bonchev–Trinajstić information content (AvgIpc) is 2.64. The van der Waals surface area contributed by atoms with E-state index in [0.29, 0.717) is 23.9 Å². The van der Waals surface area contributed by atoms with Crippen LogP contribution in [0.2, 0.25) is 5.02 Å². The molecule has 2 unspecified atom stereocenters. The molecule has 2 aromatic carbocycles. The number of hydrogen-bond donors (Lipinski definition) is 1. The van der Waals surface area contributed by atoms with Crippen molar-refractivity contribution in [3.8, 4) is 5.75 Å². The number of hydrogen-bond acceptors (Lipinski definition) is 3. The highest BCUT2D eigenvalue weighted by molar-refractivity contribution is 6.30. The third kappa shape index (κ3) is 4.24. The molecule has 1 aliphatic rings. The van der Waals surface area contributed by atoms with E-state index in [0.717, 1.165) is 11.3 Å². The van der Waals surface area contributed by atoms with Gasteiger partial charge in [0, 0.05) is 10.7 Å². The van der Waals surface area contributed by atoms with Crippen molar-refractivity contribution in [2.45, 2.75) is 19.1 Å². The summed E-state index contributed by atoms with van der Waals surface area (Å²) in [5, 5.41) is 3.55. The number of methoxy groups -OCH3 is 1. The van der Waals surface area contributed by atoms with Crippen LogP contribution in [0.3, 0.4) is 0 Å². The summed E-state index contributed by atoms with van der Waals surface area (Å²) in [6.45, 7) is 2.96. The van der Waals surface area contributed by atoms with Crippen molar-refractivity contribution in [3.63, 3.8) is 0 Å². The lowest BCUT2D eigenvalue weighted by Crippen LogP contribution is -2.49. The minimum absolute atomic E-state index is 0.00167. The van der Waals surface area contributed by atoms with Gasteiger partial charge in [0.15, 0.2) is 0 Å². The molecule has 0 radical (unpaired) electrons. The number of carbonyl (C=O) groups excluding carboxylic acids is 1. The quantitative estimate of drug-likeness (QED) is 0.885. The van der Waals surface area contributed by atoms with Crippen molar-refractivity contribution in [1.82, 2.24) is 4.90 Å². The number of carbonyl (C=O) groups is 1. The summed E-state index contributed by atoms with van der Waals surface area (Å²) < 4.78 is 11.1. The molecule has 0 spiro atoms. The number of ether oxygens (including phenoxy) is 2. The van der Waals surface area contributed by atoms with E-state index in [2.05, 4.69) is 5.32 Å². The number of amides is 2. The molecule has 0 saturated carbocycles. The molecule has 0 bridgehead atoms. The van der Waals surface area contributed by atoms with Gasteiger partial charge in [0.25, 0.3) is 0 Å². The van der Waals surface area contributed by atoms with Gasteiger partial charge in [-0.25, -0.2) is 4.79 Å². The van der Waals surface area contributed by atoms with E-state index in [4.69, 9.17) is 21.1 Å². The zero-order valence-electron chi connectivity index (χ0n) is 14.2. The first kappa shape index (κ1) is 17.6. The highest BCUT2D eigenvalue weighted by Crippen LogP contribution is 2.27. The fraction of sp³-hybridized carbons (Fsp3) is 0.316. The van der Waals surface area contributed by atoms with E-state index in [1.165, 1.54) is 0 Å². The van der Waals surface area contributed by atoms with Crippen LogP contribution in [-0.2, 0) is 4.74 Å². The minimum Gasteiger partial charge on any atom is -0.497 e. The molecule has 1 aliphatic heterocycles. The Labute approximate surface area is 152 Å². The van der Waals surface area contributed by atoms with E-state index in [1.54, 1.807) is 36.3 Å². The number of halogens is 1. The molecule has 0 aromatic heterocycles. The molecule has 1 saturated heterocycles. The lowest BCUT2D eigenvalue weighted by molar-refractivity contribution is -0.0407. The lowest BCUT2D eigenvalue weighted by atomic mass is 10.1. The molecule has 132 valence electrons. The highest BCUT2D eigenvalue weighted by atomic mass is 35.5. The van der Waals surface area contributed by atoms with Gasteiger partial charge in [-0.2, -0.15) is 0 Å². The fourth-order valence-corrected chi connectivity index (χ4v) is 2.91. The summed E-state index contributed by atoms with van der Waals surface area (Å²) in [5.74, 6) is 0.797. The van der Waals surface area contributed by atoms with Gasteiger partial charge < -0.3 is 19.7 Å². The SMILES string of the molecule is COc1ccc(C2CN(C(=O)Nc3ccc(Cl)cc3)C(C)CO2)cc1. The predicted octanol–water partition coefficient (Wildman–Crippen LogP) is 4.34. The molecular weight excluding hydrogens is 340 g/mol. The second-order valence-corrected chi connectivity index (χ2v) is 6.47. The van der Waals surface area contributed by atoms with E-state index in [1.807, 2.05) is 31.2 Å². The van der Waals surface area contributed by atoms with Crippen LogP contribution < -0.4 is 10.1 Å². The van der Waals surface area contributed by atoms with Gasteiger partial charge in [-0.15, -0.1) is 0 Å². The number of rotatable bonds is 3. The molecule has 3 rings (SSSR count). The molecule has 1 fully saturated rings.